The Morgan fingerprint density at radius 2 is 1.56 bits per heavy atom. The topological polar surface area (TPSA) is 0 Å². The van der Waals surface area contributed by atoms with Crippen LogP contribution in [-0.4, -0.2) is 0 Å². The molecule has 2 aliphatic rings. The van der Waals surface area contributed by atoms with Crippen LogP contribution in [0.4, 0.5) is 0 Å². The first-order valence-corrected chi connectivity index (χ1v) is 12.8. The molecule has 0 heterocycles. The summed E-state index contributed by atoms with van der Waals surface area (Å²) >= 11 is 0. The van der Waals surface area contributed by atoms with Crippen LogP contribution in [0.3, 0.4) is 0 Å². The van der Waals surface area contributed by atoms with Crippen molar-refractivity contribution in [3.05, 3.63) is 131 Å². The van der Waals surface area contributed by atoms with E-state index in [2.05, 4.69) is 114 Å². The van der Waals surface area contributed by atoms with Crippen molar-refractivity contribution in [3.63, 3.8) is 0 Å². The van der Waals surface area contributed by atoms with Crippen molar-refractivity contribution < 1.29 is 0 Å². The molecule has 0 bridgehead atoms. The Balaban J connectivity index is 1.44. The summed E-state index contributed by atoms with van der Waals surface area (Å²) in [5.74, 6) is 0.881. The minimum atomic E-state index is 0.358. The number of hydrogen-bond acceptors (Lipinski definition) is 0. The van der Waals surface area contributed by atoms with E-state index in [1.54, 1.807) is 5.57 Å². The van der Waals surface area contributed by atoms with E-state index in [0.717, 1.165) is 25.7 Å². The Labute approximate surface area is 206 Å². The standard InChI is InChI=1S/C34H38/c1-7-23(3)27-16-18-30(19-17-27)34-25(5)22-33(26(34)6)24(4)14-15-29-20-21-32(31(29)8-2)28-12-10-9-11-13-28/h9-13,16-22,31,34H,3-4,7-8,14-15H2,1-2,5-6H3. The second kappa shape index (κ2) is 10.4. The van der Waals surface area contributed by atoms with Crippen molar-refractivity contribution >= 4 is 11.1 Å². The van der Waals surface area contributed by atoms with Crippen LogP contribution in [-0.2, 0) is 0 Å². The summed E-state index contributed by atoms with van der Waals surface area (Å²) in [6.07, 6.45) is 11.3. The third-order valence-corrected chi connectivity index (χ3v) is 7.68. The van der Waals surface area contributed by atoms with Gasteiger partial charge in [-0.3, -0.25) is 0 Å². The first-order valence-electron chi connectivity index (χ1n) is 12.8. The first-order chi connectivity index (χ1) is 16.4. The zero-order chi connectivity index (χ0) is 24.2. The molecule has 0 heteroatoms. The Morgan fingerprint density at radius 3 is 2.21 bits per heavy atom. The third kappa shape index (κ3) is 4.73. The Morgan fingerprint density at radius 1 is 0.853 bits per heavy atom. The predicted molar refractivity (Wildman–Crippen MR) is 150 cm³/mol. The van der Waals surface area contributed by atoms with Crippen molar-refractivity contribution in [2.75, 3.05) is 0 Å². The van der Waals surface area contributed by atoms with Gasteiger partial charge in [-0.15, -0.1) is 0 Å². The number of hydrogen-bond donors (Lipinski definition) is 0. The third-order valence-electron chi connectivity index (χ3n) is 7.68. The predicted octanol–water partition coefficient (Wildman–Crippen LogP) is 9.86. The quantitative estimate of drug-likeness (QED) is 0.359. The van der Waals surface area contributed by atoms with Gasteiger partial charge in [-0.25, -0.2) is 0 Å². The van der Waals surface area contributed by atoms with E-state index in [-0.39, 0.29) is 0 Å². The molecule has 0 fully saturated rings. The molecular weight excluding hydrogens is 408 g/mol. The Bertz CT molecular complexity index is 1190. The molecule has 2 atom stereocenters. The van der Waals surface area contributed by atoms with Crippen LogP contribution in [0.5, 0.6) is 0 Å². The summed E-state index contributed by atoms with van der Waals surface area (Å²) < 4.78 is 0. The fourth-order valence-corrected chi connectivity index (χ4v) is 5.66. The number of rotatable bonds is 9. The molecule has 2 aromatic rings. The van der Waals surface area contributed by atoms with Gasteiger partial charge in [0, 0.05) is 11.8 Å². The van der Waals surface area contributed by atoms with E-state index >= 15 is 0 Å². The van der Waals surface area contributed by atoms with Gasteiger partial charge in [-0.1, -0.05) is 117 Å². The minimum absolute atomic E-state index is 0.358. The smallest absolute Gasteiger partial charge is 0.0264 e. The highest BCUT2D eigenvalue weighted by atomic mass is 14.3. The Hall–Kier alpha value is -3.12. The lowest BCUT2D eigenvalue weighted by Crippen LogP contribution is -2.03. The average Bonchev–Trinajstić information content (AvgIpc) is 3.42. The maximum Gasteiger partial charge on any atom is 0.0264 e. The average molecular weight is 447 g/mol. The molecule has 0 spiro atoms. The molecule has 0 radical (unpaired) electrons. The van der Waals surface area contributed by atoms with Gasteiger partial charge in [0.2, 0.25) is 0 Å². The van der Waals surface area contributed by atoms with E-state index in [9.17, 15) is 0 Å². The maximum absolute atomic E-state index is 4.53. The van der Waals surface area contributed by atoms with Gasteiger partial charge in [0.1, 0.15) is 0 Å². The zero-order valence-corrected chi connectivity index (χ0v) is 21.3. The number of benzene rings is 2. The number of allylic oxidation sites excluding steroid dienone is 10. The largest absolute Gasteiger partial charge is 0.0952 e. The molecule has 0 aliphatic heterocycles. The van der Waals surface area contributed by atoms with Gasteiger partial charge in [0.05, 0.1) is 0 Å². The molecule has 0 aromatic heterocycles. The van der Waals surface area contributed by atoms with Gasteiger partial charge >= 0.3 is 0 Å². The molecule has 2 aliphatic carbocycles. The van der Waals surface area contributed by atoms with E-state index < -0.39 is 0 Å². The van der Waals surface area contributed by atoms with Crippen molar-refractivity contribution in [2.24, 2.45) is 5.92 Å². The summed E-state index contributed by atoms with van der Waals surface area (Å²) in [7, 11) is 0. The lowest BCUT2D eigenvalue weighted by Gasteiger charge is -2.19. The van der Waals surface area contributed by atoms with E-state index in [1.165, 1.54) is 50.1 Å². The molecule has 0 saturated heterocycles. The molecular formula is C34H38. The summed E-state index contributed by atoms with van der Waals surface area (Å²) in [6.45, 7) is 17.7. The molecule has 0 amide bonds. The fourth-order valence-electron chi connectivity index (χ4n) is 5.66. The summed E-state index contributed by atoms with van der Waals surface area (Å²) in [5, 5.41) is 0. The van der Waals surface area contributed by atoms with Crippen LogP contribution < -0.4 is 0 Å². The molecule has 2 aromatic carbocycles. The molecule has 2 unspecified atom stereocenters. The summed E-state index contributed by atoms with van der Waals surface area (Å²) in [4.78, 5) is 0. The molecule has 34 heavy (non-hydrogen) atoms. The molecule has 0 N–H and O–H groups in total. The van der Waals surface area contributed by atoms with Gasteiger partial charge in [0.15, 0.2) is 0 Å². The fraction of sp³-hybridized carbons (Fsp3) is 0.294. The van der Waals surface area contributed by atoms with Crippen LogP contribution in [0.1, 0.15) is 76.0 Å². The van der Waals surface area contributed by atoms with E-state index in [0.29, 0.717) is 11.8 Å². The molecule has 4 rings (SSSR count). The van der Waals surface area contributed by atoms with Crippen LogP contribution >= 0.6 is 0 Å². The van der Waals surface area contributed by atoms with Crippen molar-refractivity contribution in [1.82, 2.24) is 0 Å². The van der Waals surface area contributed by atoms with Crippen molar-refractivity contribution in [1.29, 1.82) is 0 Å². The van der Waals surface area contributed by atoms with Gasteiger partial charge < -0.3 is 0 Å². The molecule has 174 valence electrons. The monoisotopic (exact) mass is 446 g/mol. The lowest BCUT2D eigenvalue weighted by molar-refractivity contribution is 0.708. The summed E-state index contributed by atoms with van der Waals surface area (Å²) in [6, 6.07) is 19.8. The SMILES string of the molecule is C=C(CCC1=CC=C(c2ccccc2)C1CC)C1=C(C)C(c2ccc(C(=C)CC)cc2)C(C)=C1. The van der Waals surface area contributed by atoms with Gasteiger partial charge in [0.25, 0.3) is 0 Å². The van der Waals surface area contributed by atoms with E-state index in [4.69, 9.17) is 0 Å². The van der Waals surface area contributed by atoms with Gasteiger partial charge in [-0.05, 0) is 78.5 Å². The second-order valence-corrected chi connectivity index (χ2v) is 9.79. The molecule has 0 nitrogen and oxygen atoms in total. The zero-order valence-electron chi connectivity index (χ0n) is 21.3. The summed E-state index contributed by atoms with van der Waals surface area (Å²) in [5.41, 5.74) is 13.6. The second-order valence-electron chi connectivity index (χ2n) is 9.79. The van der Waals surface area contributed by atoms with Gasteiger partial charge in [-0.2, -0.15) is 0 Å². The maximum atomic E-state index is 4.53. The Kier molecular flexibility index (Phi) is 7.37. The van der Waals surface area contributed by atoms with Crippen LogP contribution in [0.2, 0.25) is 0 Å². The highest BCUT2D eigenvalue weighted by molar-refractivity contribution is 5.74. The minimum Gasteiger partial charge on any atom is -0.0952 e. The van der Waals surface area contributed by atoms with Crippen LogP contribution in [0.15, 0.2) is 114 Å². The van der Waals surface area contributed by atoms with Crippen molar-refractivity contribution in [3.8, 4) is 0 Å². The van der Waals surface area contributed by atoms with E-state index in [1.807, 2.05) is 0 Å². The van der Waals surface area contributed by atoms with Crippen molar-refractivity contribution in [2.45, 2.75) is 59.3 Å². The highest BCUT2D eigenvalue weighted by Crippen LogP contribution is 2.44. The first kappa shape index (κ1) is 24.0. The normalized spacial score (nSPS) is 19.7. The van der Waals surface area contributed by atoms with Crippen LogP contribution in [0.25, 0.3) is 11.1 Å². The highest BCUT2D eigenvalue weighted by Gasteiger charge is 2.26. The molecule has 0 saturated carbocycles. The van der Waals surface area contributed by atoms with Crippen LogP contribution in [0, 0.1) is 5.92 Å². The lowest BCUT2D eigenvalue weighted by atomic mass is 9.85.